The predicted molar refractivity (Wildman–Crippen MR) is 111 cm³/mol. The molecule has 0 aromatic rings. The molecule has 0 saturated heterocycles. The van der Waals surface area contributed by atoms with Crippen molar-refractivity contribution in [3.05, 3.63) is 0 Å². The van der Waals surface area contributed by atoms with Crippen molar-refractivity contribution < 1.29 is 23.8 Å². The lowest BCUT2D eigenvalue weighted by Gasteiger charge is -2.59. The Bertz CT molecular complexity index is 554. The Morgan fingerprint density at radius 2 is 1.52 bits per heavy atom. The SMILES string of the molecule is CC(C)CC(C(=O)OCCOCC(=O)OC1(C)C2CC3CC(C2)CC1C3)C(C)C. The predicted octanol–water partition coefficient (Wildman–Crippen LogP) is 4.62. The van der Waals surface area contributed by atoms with Crippen molar-refractivity contribution >= 4 is 11.9 Å². The lowest BCUT2D eigenvalue weighted by Crippen LogP contribution is -2.58. The summed E-state index contributed by atoms with van der Waals surface area (Å²) in [6.45, 7) is 10.8. The van der Waals surface area contributed by atoms with Crippen molar-refractivity contribution in [2.45, 2.75) is 78.7 Å². The normalized spacial score (nSPS) is 33.9. The van der Waals surface area contributed by atoms with Crippen molar-refractivity contribution in [1.29, 1.82) is 0 Å². The first-order chi connectivity index (χ1) is 13.7. The summed E-state index contributed by atoms with van der Waals surface area (Å²) in [4.78, 5) is 24.7. The summed E-state index contributed by atoms with van der Waals surface area (Å²) < 4.78 is 16.8. The molecule has 0 radical (unpaired) electrons. The molecule has 5 heteroatoms. The molecule has 1 unspecified atom stereocenters. The van der Waals surface area contributed by atoms with E-state index in [9.17, 15) is 9.59 Å². The molecule has 4 bridgehead atoms. The number of carbonyl (C=O) groups is 2. The van der Waals surface area contributed by atoms with Crippen LogP contribution in [-0.4, -0.2) is 37.4 Å². The molecule has 4 aliphatic rings. The molecule has 0 aromatic heterocycles. The summed E-state index contributed by atoms with van der Waals surface area (Å²) in [6, 6.07) is 0. The molecule has 0 N–H and O–H groups in total. The van der Waals surface area contributed by atoms with Crippen LogP contribution >= 0.6 is 0 Å². The van der Waals surface area contributed by atoms with Crippen LogP contribution in [0.3, 0.4) is 0 Å². The average molecular weight is 409 g/mol. The third-order valence-corrected chi connectivity index (χ3v) is 7.62. The number of hydrogen-bond acceptors (Lipinski definition) is 5. The second-order valence-corrected chi connectivity index (χ2v) is 10.7. The molecule has 0 spiro atoms. The van der Waals surface area contributed by atoms with Crippen LogP contribution in [0.1, 0.15) is 73.1 Å². The molecular weight excluding hydrogens is 368 g/mol. The van der Waals surface area contributed by atoms with Gasteiger partial charge in [0.25, 0.3) is 0 Å². The second-order valence-electron chi connectivity index (χ2n) is 10.7. The first kappa shape index (κ1) is 22.6. The van der Waals surface area contributed by atoms with E-state index in [0.717, 1.165) is 18.3 Å². The van der Waals surface area contributed by atoms with Gasteiger partial charge >= 0.3 is 11.9 Å². The molecule has 0 aromatic carbocycles. The Morgan fingerprint density at radius 3 is 2.03 bits per heavy atom. The van der Waals surface area contributed by atoms with Crippen molar-refractivity contribution in [3.8, 4) is 0 Å². The molecule has 4 saturated carbocycles. The molecule has 4 fully saturated rings. The molecule has 4 rings (SSSR count). The highest BCUT2D eigenvalue weighted by Gasteiger charge is 2.57. The van der Waals surface area contributed by atoms with Gasteiger partial charge in [-0.05, 0) is 81.0 Å². The molecule has 166 valence electrons. The molecule has 4 aliphatic carbocycles. The first-order valence-electron chi connectivity index (χ1n) is 11.6. The van der Waals surface area contributed by atoms with E-state index in [-0.39, 0.29) is 49.2 Å². The standard InChI is InChI=1S/C24H40O5/c1-15(2)8-21(16(3)4)23(26)28-7-6-27-14-22(25)29-24(5)19-10-17-9-18(12-19)13-20(24)11-17/h15-21H,6-14H2,1-5H3. The number of esters is 2. The molecule has 0 heterocycles. The highest BCUT2D eigenvalue weighted by molar-refractivity contribution is 5.72. The molecular formula is C24H40O5. The fraction of sp³-hybridized carbons (Fsp3) is 0.917. The summed E-state index contributed by atoms with van der Waals surface area (Å²) in [5.74, 6) is 2.88. The van der Waals surface area contributed by atoms with Gasteiger partial charge in [-0.3, -0.25) is 4.79 Å². The van der Waals surface area contributed by atoms with Crippen LogP contribution in [0.15, 0.2) is 0 Å². The minimum absolute atomic E-state index is 0.0704. The van der Waals surface area contributed by atoms with Gasteiger partial charge < -0.3 is 14.2 Å². The lowest BCUT2D eigenvalue weighted by molar-refractivity contribution is -0.206. The fourth-order valence-corrected chi connectivity index (χ4v) is 6.17. The molecule has 5 nitrogen and oxygen atoms in total. The largest absolute Gasteiger partial charge is 0.463 e. The fourth-order valence-electron chi connectivity index (χ4n) is 6.17. The van der Waals surface area contributed by atoms with Crippen molar-refractivity contribution in [1.82, 2.24) is 0 Å². The van der Waals surface area contributed by atoms with Crippen molar-refractivity contribution in [2.24, 2.45) is 41.4 Å². The van der Waals surface area contributed by atoms with E-state index in [1.807, 2.05) is 13.8 Å². The number of hydrogen-bond donors (Lipinski definition) is 0. The van der Waals surface area contributed by atoms with Crippen LogP contribution in [0, 0.1) is 41.4 Å². The summed E-state index contributed by atoms with van der Waals surface area (Å²) in [7, 11) is 0. The minimum Gasteiger partial charge on any atom is -0.463 e. The molecule has 0 amide bonds. The van der Waals surface area contributed by atoms with E-state index >= 15 is 0 Å². The van der Waals surface area contributed by atoms with E-state index in [2.05, 4.69) is 20.8 Å². The molecule has 0 aliphatic heterocycles. The third kappa shape index (κ3) is 5.34. The van der Waals surface area contributed by atoms with E-state index < -0.39 is 0 Å². The van der Waals surface area contributed by atoms with Gasteiger partial charge in [-0.1, -0.05) is 27.7 Å². The van der Waals surface area contributed by atoms with Gasteiger partial charge in [0.1, 0.15) is 18.8 Å². The quantitative estimate of drug-likeness (QED) is 0.390. The van der Waals surface area contributed by atoms with Gasteiger partial charge in [0.05, 0.1) is 12.5 Å². The number of rotatable bonds is 10. The van der Waals surface area contributed by atoms with Gasteiger partial charge in [-0.15, -0.1) is 0 Å². The zero-order valence-electron chi connectivity index (χ0n) is 18.9. The monoisotopic (exact) mass is 408 g/mol. The smallest absolute Gasteiger partial charge is 0.332 e. The molecule has 1 atom stereocenters. The van der Waals surface area contributed by atoms with Gasteiger partial charge in [0.15, 0.2) is 0 Å². The Morgan fingerprint density at radius 1 is 0.931 bits per heavy atom. The van der Waals surface area contributed by atoms with Gasteiger partial charge in [-0.25, -0.2) is 4.79 Å². The topological polar surface area (TPSA) is 61.8 Å². The van der Waals surface area contributed by atoms with E-state index in [1.165, 1.54) is 32.1 Å². The van der Waals surface area contributed by atoms with E-state index in [4.69, 9.17) is 14.2 Å². The van der Waals surface area contributed by atoms with Crippen molar-refractivity contribution in [3.63, 3.8) is 0 Å². The summed E-state index contributed by atoms with van der Waals surface area (Å²) in [5, 5.41) is 0. The Balaban J connectivity index is 1.36. The van der Waals surface area contributed by atoms with Gasteiger partial charge in [0, 0.05) is 0 Å². The zero-order valence-corrected chi connectivity index (χ0v) is 18.9. The van der Waals surface area contributed by atoms with E-state index in [0.29, 0.717) is 17.8 Å². The third-order valence-electron chi connectivity index (χ3n) is 7.62. The zero-order chi connectivity index (χ0) is 21.2. The summed E-state index contributed by atoms with van der Waals surface area (Å²) >= 11 is 0. The number of ether oxygens (including phenoxy) is 3. The van der Waals surface area contributed by atoms with Gasteiger partial charge in [-0.2, -0.15) is 0 Å². The summed E-state index contributed by atoms with van der Waals surface area (Å²) in [6.07, 6.45) is 7.05. The Hall–Kier alpha value is -1.10. The van der Waals surface area contributed by atoms with Crippen LogP contribution in [0.4, 0.5) is 0 Å². The number of carbonyl (C=O) groups excluding carboxylic acids is 2. The second kappa shape index (κ2) is 9.36. The highest BCUT2D eigenvalue weighted by Crippen LogP contribution is 2.59. The Labute approximate surface area is 176 Å². The summed E-state index contributed by atoms with van der Waals surface area (Å²) in [5.41, 5.74) is -0.318. The molecule has 29 heavy (non-hydrogen) atoms. The lowest BCUT2D eigenvalue weighted by atomic mass is 9.50. The van der Waals surface area contributed by atoms with Crippen LogP contribution in [-0.2, 0) is 23.8 Å². The average Bonchev–Trinajstić information content (AvgIpc) is 2.63. The first-order valence-corrected chi connectivity index (χ1v) is 11.6. The van der Waals surface area contributed by atoms with Crippen LogP contribution in [0.25, 0.3) is 0 Å². The Kier molecular flexibility index (Phi) is 7.29. The maximum absolute atomic E-state index is 12.4. The van der Waals surface area contributed by atoms with Crippen molar-refractivity contribution in [2.75, 3.05) is 19.8 Å². The highest BCUT2D eigenvalue weighted by atomic mass is 16.6. The maximum atomic E-state index is 12.4. The van der Waals surface area contributed by atoms with E-state index in [1.54, 1.807) is 0 Å². The van der Waals surface area contributed by atoms with Crippen LogP contribution < -0.4 is 0 Å². The van der Waals surface area contributed by atoms with Crippen LogP contribution in [0.5, 0.6) is 0 Å². The maximum Gasteiger partial charge on any atom is 0.332 e. The van der Waals surface area contributed by atoms with Gasteiger partial charge in [0.2, 0.25) is 0 Å². The minimum atomic E-state index is -0.318. The van der Waals surface area contributed by atoms with Crippen LogP contribution in [0.2, 0.25) is 0 Å².